The van der Waals surface area contributed by atoms with Crippen molar-refractivity contribution >= 4 is 34.3 Å². The van der Waals surface area contributed by atoms with Gasteiger partial charge in [0.1, 0.15) is 11.3 Å². The minimum Gasteiger partial charge on any atom is -0.481 e. The first-order chi connectivity index (χ1) is 11.6. The molecule has 7 heteroatoms. The maximum atomic E-state index is 12.3. The maximum absolute atomic E-state index is 12.3. The number of likely N-dealkylation sites (N-methyl/N-ethyl adjacent to an activating group) is 2. The summed E-state index contributed by atoms with van der Waals surface area (Å²) in [7, 11) is 0. The quantitative estimate of drug-likeness (QED) is 0.832. The summed E-state index contributed by atoms with van der Waals surface area (Å²) in [5.41, 5.74) is 0.601. The van der Waals surface area contributed by atoms with E-state index in [0.29, 0.717) is 29.4 Å². The lowest BCUT2D eigenvalue weighted by molar-refractivity contribution is -0.137. The Hall–Kier alpha value is -2.34. The molecule has 1 heterocycles. The van der Waals surface area contributed by atoms with Crippen LogP contribution in [0.4, 0.5) is 0 Å². The molecule has 0 bridgehead atoms. The molecule has 2 aromatic rings. The predicted molar refractivity (Wildman–Crippen MR) is 93.2 cm³/mol. The molecule has 0 fully saturated rings. The molecule has 1 aromatic heterocycles. The van der Waals surface area contributed by atoms with E-state index in [-0.39, 0.29) is 25.0 Å². The van der Waals surface area contributed by atoms with E-state index in [1.807, 2.05) is 19.9 Å². The summed E-state index contributed by atoms with van der Waals surface area (Å²) in [6.07, 6.45) is 1.64. The third kappa shape index (κ3) is 4.35. The summed E-state index contributed by atoms with van der Waals surface area (Å²) in [6, 6.07) is 7.02. The second-order valence-corrected chi connectivity index (χ2v) is 5.50. The first-order valence-corrected chi connectivity index (χ1v) is 8.15. The van der Waals surface area contributed by atoms with E-state index in [2.05, 4.69) is 10.3 Å². The molecule has 2 rings (SSSR count). The molecular weight excluding hydrogens is 330 g/mol. The number of hydrogen-bond donors (Lipinski definition) is 1. The van der Waals surface area contributed by atoms with Gasteiger partial charge in [-0.05, 0) is 38.1 Å². The maximum Gasteiger partial charge on any atom is 0.260 e. The van der Waals surface area contributed by atoms with Crippen molar-refractivity contribution in [1.82, 2.24) is 15.2 Å². The monoisotopic (exact) mass is 349 g/mol. The highest BCUT2D eigenvalue weighted by molar-refractivity contribution is 6.35. The molecule has 0 saturated carbocycles. The smallest absolute Gasteiger partial charge is 0.260 e. The van der Waals surface area contributed by atoms with Gasteiger partial charge in [-0.25, -0.2) is 0 Å². The zero-order valence-electron chi connectivity index (χ0n) is 13.7. The molecule has 0 aliphatic carbocycles. The molecule has 0 aliphatic rings. The van der Waals surface area contributed by atoms with Crippen LogP contribution in [0.5, 0.6) is 5.75 Å². The number of nitrogens with one attached hydrogen (secondary N) is 1. The van der Waals surface area contributed by atoms with Crippen LogP contribution in [0.3, 0.4) is 0 Å². The number of amides is 2. The van der Waals surface area contributed by atoms with Crippen molar-refractivity contribution in [1.29, 1.82) is 0 Å². The van der Waals surface area contributed by atoms with Gasteiger partial charge in [0.2, 0.25) is 5.91 Å². The zero-order valence-corrected chi connectivity index (χ0v) is 14.5. The van der Waals surface area contributed by atoms with Crippen LogP contribution < -0.4 is 10.1 Å². The van der Waals surface area contributed by atoms with E-state index >= 15 is 0 Å². The van der Waals surface area contributed by atoms with Crippen molar-refractivity contribution in [3.05, 3.63) is 35.5 Å². The fourth-order valence-electron chi connectivity index (χ4n) is 2.26. The molecule has 0 spiro atoms. The Morgan fingerprint density at radius 1 is 1.29 bits per heavy atom. The summed E-state index contributed by atoms with van der Waals surface area (Å²) >= 11 is 6.14. The van der Waals surface area contributed by atoms with Gasteiger partial charge >= 0.3 is 0 Å². The van der Waals surface area contributed by atoms with Gasteiger partial charge in [0.25, 0.3) is 5.91 Å². The molecule has 128 valence electrons. The van der Waals surface area contributed by atoms with Gasteiger partial charge in [0.05, 0.1) is 11.6 Å². The van der Waals surface area contributed by atoms with Crippen LogP contribution in [0.15, 0.2) is 30.5 Å². The molecule has 0 aliphatic heterocycles. The Morgan fingerprint density at radius 3 is 2.79 bits per heavy atom. The molecule has 6 nitrogen and oxygen atoms in total. The molecule has 1 aromatic carbocycles. The number of halogens is 1. The largest absolute Gasteiger partial charge is 0.481 e. The molecule has 1 N–H and O–H groups in total. The number of rotatable bonds is 7. The third-order valence-corrected chi connectivity index (χ3v) is 3.80. The van der Waals surface area contributed by atoms with Crippen LogP contribution >= 0.6 is 11.6 Å². The Kier molecular flexibility index (Phi) is 6.37. The summed E-state index contributed by atoms with van der Waals surface area (Å²) in [5, 5.41) is 4.01. The Labute approximate surface area is 145 Å². The van der Waals surface area contributed by atoms with Crippen molar-refractivity contribution < 1.29 is 14.3 Å². The van der Waals surface area contributed by atoms with Crippen LogP contribution in [-0.4, -0.2) is 47.9 Å². The second kappa shape index (κ2) is 8.49. The number of nitrogens with zero attached hydrogens (tertiary/aromatic N) is 2. The van der Waals surface area contributed by atoms with Crippen molar-refractivity contribution in [3.8, 4) is 5.75 Å². The third-order valence-electron chi connectivity index (χ3n) is 3.47. The topological polar surface area (TPSA) is 71.5 Å². The van der Waals surface area contributed by atoms with E-state index in [1.54, 1.807) is 24.4 Å². The highest BCUT2D eigenvalue weighted by Crippen LogP contribution is 2.29. The molecule has 0 atom stereocenters. The van der Waals surface area contributed by atoms with E-state index in [4.69, 9.17) is 16.3 Å². The fraction of sp³-hybridized carbons (Fsp3) is 0.353. The predicted octanol–water partition coefficient (Wildman–Crippen LogP) is 2.25. The van der Waals surface area contributed by atoms with E-state index in [0.717, 1.165) is 5.39 Å². The summed E-state index contributed by atoms with van der Waals surface area (Å²) in [6.45, 7) is 4.46. The lowest BCUT2D eigenvalue weighted by Gasteiger charge is -2.20. The Balaban J connectivity index is 2.06. The summed E-state index contributed by atoms with van der Waals surface area (Å²) < 4.78 is 5.62. The molecule has 0 saturated heterocycles. The number of carbonyl (C=O) groups is 2. The highest BCUT2D eigenvalue weighted by Gasteiger charge is 2.16. The highest BCUT2D eigenvalue weighted by atomic mass is 35.5. The number of hydrogen-bond acceptors (Lipinski definition) is 4. The van der Waals surface area contributed by atoms with Gasteiger partial charge in [0.15, 0.2) is 6.61 Å². The Morgan fingerprint density at radius 2 is 2.08 bits per heavy atom. The van der Waals surface area contributed by atoms with Gasteiger partial charge < -0.3 is 15.0 Å². The normalized spacial score (nSPS) is 10.5. The van der Waals surface area contributed by atoms with Crippen LogP contribution in [0.2, 0.25) is 5.02 Å². The minimum absolute atomic E-state index is 0.0200. The standard InChI is InChI=1S/C17H20ClN3O3/c1-3-19-15(22)10-21(4-2)16(23)11-24-14-8-7-13(18)12-6-5-9-20-17(12)14/h5-9H,3-4,10-11H2,1-2H3,(H,19,22). The molecule has 0 unspecified atom stereocenters. The average molecular weight is 350 g/mol. The van der Waals surface area contributed by atoms with Gasteiger partial charge in [-0.1, -0.05) is 11.6 Å². The lowest BCUT2D eigenvalue weighted by atomic mass is 10.2. The fourth-order valence-corrected chi connectivity index (χ4v) is 2.48. The van der Waals surface area contributed by atoms with Crippen LogP contribution in [0, 0.1) is 0 Å². The average Bonchev–Trinajstić information content (AvgIpc) is 2.59. The molecular formula is C17H20ClN3O3. The number of pyridine rings is 1. The number of aromatic nitrogens is 1. The van der Waals surface area contributed by atoms with Gasteiger partial charge in [-0.2, -0.15) is 0 Å². The molecule has 0 radical (unpaired) electrons. The van der Waals surface area contributed by atoms with Crippen LogP contribution in [-0.2, 0) is 9.59 Å². The van der Waals surface area contributed by atoms with Gasteiger partial charge in [0, 0.05) is 24.7 Å². The number of ether oxygens (including phenoxy) is 1. The zero-order chi connectivity index (χ0) is 17.5. The summed E-state index contributed by atoms with van der Waals surface area (Å²) in [4.78, 5) is 29.6. The van der Waals surface area contributed by atoms with E-state index in [1.165, 1.54) is 4.90 Å². The minimum atomic E-state index is -0.261. The summed E-state index contributed by atoms with van der Waals surface area (Å²) in [5.74, 6) is 0.0338. The van der Waals surface area contributed by atoms with E-state index < -0.39 is 0 Å². The number of fused-ring (bicyclic) bond motifs is 1. The van der Waals surface area contributed by atoms with Crippen LogP contribution in [0.1, 0.15) is 13.8 Å². The Bertz CT molecular complexity index is 736. The molecule has 2 amide bonds. The number of carbonyl (C=O) groups excluding carboxylic acids is 2. The van der Waals surface area contributed by atoms with Crippen molar-refractivity contribution in [2.75, 3.05) is 26.2 Å². The number of benzene rings is 1. The first-order valence-electron chi connectivity index (χ1n) is 7.77. The van der Waals surface area contributed by atoms with Gasteiger partial charge in [-0.15, -0.1) is 0 Å². The SMILES string of the molecule is CCNC(=O)CN(CC)C(=O)COc1ccc(Cl)c2cccnc12. The lowest BCUT2D eigenvalue weighted by Crippen LogP contribution is -2.42. The molecule has 24 heavy (non-hydrogen) atoms. The van der Waals surface area contributed by atoms with Crippen molar-refractivity contribution in [2.24, 2.45) is 0 Å². The van der Waals surface area contributed by atoms with Crippen LogP contribution in [0.25, 0.3) is 10.9 Å². The van der Waals surface area contributed by atoms with Gasteiger partial charge in [-0.3, -0.25) is 14.6 Å². The second-order valence-electron chi connectivity index (χ2n) is 5.10. The van der Waals surface area contributed by atoms with Crippen molar-refractivity contribution in [2.45, 2.75) is 13.8 Å². The first kappa shape index (κ1) is 18.0. The van der Waals surface area contributed by atoms with E-state index in [9.17, 15) is 9.59 Å². The van der Waals surface area contributed by atoms with Crippen molar-refractivity contribution in [3.63, 3.8) is 0 Å².